The molecule has 0 aromatic heterocycles. The van der Waals surface area contributed by atoms with Gasteiger partial charge in [0.2, 0.25) is 11.8 Å². The molecule has 146 valence electrons. The highest BCUT2D eigenvalue weighted by atomic mass is 16.2. The zero-order valence-corrected chi connectivity index (χ0v) is 16.0. The fourth-order valence-corrected chi connectivity index (χ4v) is 5.03. The number of hydrogen-bond acceptors (Lipinski definition) is 4. The van der Waals surface area contributed by atoms with Gasteiger partial charge in [0.25, 0.3) is 0 Å². The molecule has 2 amide bonds. The molecule has 0 radical (unpaired) electrons. The highest BCUT2D eigenvalue weighted by Crippen LogP contribution is 2.35. The molecule has 2 heterocycles. The average molecular weight is 363 g/mol. The lowest BCUT2D eigenvalue weighted by Gasteiger charge is -2.45. The second-order valence-corrected chi connectivity index (χ2v) is 8.74. The van der Waals surface area contributed by atoms with E-state index in [2.05, 4.69) is 20.0 Å². The number of rotatable bonds is 5. The van der Waals surface area contributed by atoms with E-state index in [-0.39, 0.29) is 5.91 Å². The van der Waals surface area contributed by atoms with E-state index in [0.29, 0.717) is 31.1 Å². The lowest BCUT2D eigenvalue weighted by atomic mass is 9.78. The van der Waals surface area contributed by atoms with E-state index in [1.165, 1.54) is 38.5 Å². The van der Waals surface area contributed by atoms with Gasteiger partial charge < -0.3 is 10.2 Å². The Labute approximate surface area is 157 Å². The predicted octanol–water partition coefficient (Wildman–Crippen LogP) is 1.06. The Morgan fingerprint density at radius 2 is 1.42 bits per heavy atom. The topological polar surface area (TPSA) is 55.9 Å². The molecule has 26 heavy (non-hydrogen) atoms. The monoisotopic (exact) mass is 362 g/mol. The van der Waals surface area contributed by atoms with Gasteiger partial charge in [0.15, 0.2) is 0 Å². The Bertz CT molecular complexity index is 512. The lowest BCUT2D eigenvalue weighted by Crippen LogP contribution is -2.55. The number of nitrogens with zero attached hydrogens (tertiary/aromatic N) is 3. The van der Waals surface area contributed by atoms with Gasteiger partial charge in [-0.1, -0.05) is 12.8 Å². The van der Waals surface area contributed by atoms with Crippen LogP contribution in [0.1, 0.15) is 51.4 Å². The van der Waals surface area contributed by atoms with Crippen LogP contribution in [0.25, 0.3) is 0 Å². The molecule has 0 spiro atoms. The highest BCUT2D eigenvalue weighted by molar-refractivity contribution is 5.79. The summed E-state index contributed by atoms with van der Waals surface area (Å²) in [7, 11) is 0. The number of likely N-dealkylation sites (tertiary alicyclic amines) is 1. The first-order valence-electron chi connectivity index (χ1n) is 10.7. The smallest absolute Gasteiger partial charge is 0.237 e. The average Bonchev–Trinajstić information content (AvgIpc) is 3.46. The first kappa shape index (κ1) is 18.2. The van der Waals surface area contributed by atoms with Gasteiger partial charge in [-0.05, 0) is 44.4 Å². The van der Waals surface area contributed by atoms with Crippen LogP contribution < -0.4 is 5.32 Å². The molecule has 4 aliphatic rings. The first-order chi connectivity index (χ1) is 12.7. The second-order valence-electron chi connectivity index (χ2n) is 8.74. The summed E-state index contributed by atoms with van der Waals surface area (Å²) in [6.45, 7) is 5.59. The van der Waals surface area contributed by atoms with Gasteiger partial charge in [0, 0.05) is 44.8 Å². The van der Waals surface area contributed by atoms with Crippen molar-refractivity contribution >= 4 is 11.8 Å². The molecule has 1 N–H and O–H groups in total. The number of nitrogens with one attached hydrogen (secondary N) is 1. The Morgan fingerprint density at radius 3 is 2.15 bits per heavy atom. The van der Waals surface area contributed by atoms with Crippen molar-refractivity contribution in [1.29, 1.82) is 0 Å². The van der Waals surface area contributed by atoms with Crippen LogP contribution in [0.4, 0.5) is 0 Å². The number of piperazine rings is 1. The molecule has 2 saturated carbocycles. The maximum atomic E-state index is 12.9. The zero-order chi connectivity index (χ0) is 17.9. The number of hydrogen-bond donors (Lipinski definition) is 1. The summed E-state index contributed by atoms with van der Waals surface area (Å²) < 4.78 is 0. The Kier molecular flexibility index (Phi) is 5.79. The minimum Gasteiger partial charge on any atom is -0.352 e. The van der Waals surface area contributed by atoms with Crippen molar-refractivity contribution in [2.24, 2.45) is 5.92 Å². The van der Waals surface area contributed by atoms with Gasteiger partial charge in [-0.3, -0.25) is 19.4 Å². The molecular formula is C20H34N4O2. The fraction of sp³-hybridized carbons (Fsp3) is 0.900. The number of fused-ring (bicyclic) bond motifs is 1. The minimum atomic E-state index is 0.161. The van der Waals surface area contributed by atoms with Crippen molar-refractivity contribution in [3.8, 4) is 0 Å². The Morgan fingerprint density at radius 1 is 0.769 bits per heavy atom. The van der Waals surface area contributed by atoms with Crippen molar-refractivity contribution in [3.63, 3.8) is 0 Å². The number of carbonyl (C=O) groups is 2. The third kappa shape index (κ3) is 4.58. The van der Waals surface area contributed by atoms with Crippen LogP contribution in [0.3, 0.4) is 0 Å². The normalized spacial score (nSPS) is 30.7. The van der Waals surface area contributed by atoms with Crippen LogP contribution in [0.15, 0.2) is 0 Å². The van der Waals surface area contributed by atoms with Crippen molar-refractivity contribution in [3.05, 3.63) is 0 Å². The molecule has 0 aromatic carbocycles. The van der Waals surface area contributed by atoms with Crippen LogP contribution in [-0.2, 0) is 9.59 Å². The summed E-state index contributed by atoms with van der Waals surface area (Å²) in [5.41, 5.74) is 0. The van der Waals surface area contributed by atoms with E-state index >= 15 is 0 Å². The molecule has 0 bridgehead atoms. The van der Waals surface area contributed by atoms with E-state index in [1.54, 1.807) is 0 Å². The summed E-state index contributed by atoms with van der Waals surface area (Å²) in [4.78, 5) is 31.6. The van der Waals surface area contributed by atoms with E-state index in [1.807, 2.05) is 0 Å². The minimum absolute atomic E-state index is 0.161. The van der Waals surface area contributed by atoms with Crippen LogP contribution in [0.2, 0.25) is 0 Å². The molecule has 6 heteroatoms. The lowest BCUT2D eigenvalue weighted by molar-refractivity contribution is -0.139. The van der Waals surface area contributed by atoms with Gasteiger partial charge in [-0.2, -0.15) is 0 Å². The van der Waals surface area contributed by atoms with Crippen LogP contribution in [0, 0.1) is 5.92 Å². The molecule has 2 aliphatic heterocycles. The van der Waals surface area contributed by atoms with Gasteiger partial charge in [0.05, 0.1) is 13.1 Å². The van der Waals surface area contributed by atoms with Crippen molar-refractivity contribution in [2.45, 2.75) is 63.5 Å². The number of carbonyl (C=O) groups excluding carboxylic acids is 2. The highest BCUT2D eigenvalue weighted by Gasteiger charge is 2.36. The SMILES string of the molecule is O=C(CN1CCN(CC(=O)N2CCCC3CCCCC32)CC1)NC1CC1. The van der Waals surface area contributed by atoms with Gasteiger partial charge in [0.1, 0.15) is 0 Å². The molecule has 4 fully saturated rings. The fourth-order valence-electron chi connectivity index (χ4n) is 5.03. The second kappa shape index (κ2) is 8.26. The molecule has 2 unspecified atom stereocenters. The predicted molar refractivity (Wildman–Crippen MR) is 101 cm³/mol. The summed E-state index contributed by atoms with van der Waals surface area (Å²) in [6.07, 6.45) is 9.93. The van der Waals surface area contributed by atoms with Crippen molar-refractivity contribution in [2.75, 3.05) is 45.8 Å². The molecular weight excluding hydrogens is 328 g/mol. The maximum Gasteiger partial charge on any atom is 0.237 e. The summed E-state index contributed by atoms with van der Waals surface area (Å²) in [5.74, 6) is 1.25. The molecule has 2 atom stereocenters. The standard InChI is InChI=1S/C20H34N4O2/c25-19(21-17-7-8-17)14-22-10-12-23(13-11-22)15-20(26)24-9-3-5-16-4-1-2-6-18(16)24/h16-18H,1-15H2,(H,21,25). The summed E-state index contributed by atoms with van der Waals surface area (Å²) >= 11 is 0. The van der Waals surface area contributed by atoms with Gasteiger partial charge in [-0.15, -0.1) is 0 Å². The summed E-state index contributed by atoms with van der Waals surface area (Å²) in [5, 5.41) is 3.06. The van der Waals surface area contributed by atoms with Crippen LogP contribution in [-0.4, -0.2) is 84.4 Å². The quantitative estimate of drug-likeness (QED) is 0.795. The third-order valence-electron chi connectivity index (χ3n) is 6.70. The molecule has 4 rings (SSSR count). The maximum absolute atomic E-state index is 12.9. The van der Waals surface area contributed by atoms with E-state index in [9.17, 15) is 9.59 Å². The van der Waals surface area contributed by atoms with Crippen molar-refractivity contribution in [1.82, 2.24) is 20.0 Å². The number of amides is 2. The Hall–Kier alpha value is -1.14. The van der Waals surface area contributed by atoms with E-state index in [0.717, 1.165) is 51.5 Å². The molecule has 2 aliphatic carbocycles. The summed E-state index contributed by atoms with van der Waals surface area (Å²) in [6, 6.07) is 0.951. The van der Waals surface area contributed by atoms with E-state index < -0.39 is 0 Å². The van der Waals surface area contributed by atoms with Crippen molar-refractivity contribution < 1.29 is 9.59 Å². The number of piperidine rings is 1. The molecule has 6 nitrogen and oxygen atoms in total. The molecule has 0 aromatic rings. The largest absolute Gasteiger partial charge is 0.352 e. The zero-order valence-electron chi connectivity index (χ0n) is 16.0. The van der Waals surface area contributed by atoms with E-state index in [4.69, 9.17) is 0 Å². The Balaban J connectivity index is 1.21. The van der Waals surface area contributed by atoms with Gasteiger partial charge in [-0.25, -0.2) is 0 Å². The first-order valence-corrected chi connectivity index (χ1v) is 10.7. The third-order valence-corrected chi connectivity index (χ3v) is 6.70. The van der Waals surface area contributed by atoms with Crippen LogP contribution >= 0.6 is 0 Å². The molecule has 2 saturated heterocycles. The van der Waals surface area contributed by atoms with Crippen LogP contribution in [0.5, 0.6) is 0 Å². The van der Waals surface area contributed by atoms with Gasteiger partial charge >= 0.3 is 0 Å².